The fourth-order valence-corrected chi connectivity index (χ4v) is 3.26. The average Bonchev–Trinajstić information content (AvgIpc) is 2.95. The molecule has 1 aliphatic rings. The third kappa shape index (κ3) is 4.21. The summed E-state index contributed by atoms with van der Waals surface area (Å²) in [4.78, 5) is 18.8. The van der Waals surface area contributed by atoms with Crippen LogP contribution >= 0.6 is 11.6 Å². The Morgan fingerprint density at radius 1 is 1.26 bits per heavy atom. The second-order valence-corrected chi connectivity index (χ2v) is 6.71. The standard InChI is InChI=1S/C18H22ClN3O/c1-14-20-8-11-22(14)12-15-6-9-21(10-7-15)13-18(23)16-2-4-17(19)5-3-16/h2-5,8,11,15H,6-7,9-10,12-13H2,1H3. The Balaban J connectivity index is 1.48. The lowest BCUT2D eigenvalue weighted by Crippen LogP contribution is -2.38. The summed E-state index contributed by atoms with van der Waals surface area (Å²) in [6.07, 6.45) is 6.16. The first-order valence-corrected chi connectivity index (χ1v) is 8.48. The summed E-state index contributed by atoms with van der Waals surface area (Å²) in [5.41, 5.74) is 0.741. The fourth-order valence-electron chi connectivity index (χ4n) is 3.13. The zero-order valence-electron chi connectivity index (χ0n) is 13.4. The number of aromatic nitrogens is 2. The SMILES string of the molecule is Cc1nccn1CC1CCN(CC(=O)c2ccc(Cl)cc2)CC1. The fraction of sp³-hybridized carbons (Fsp3) is 0.444. The zero-order valence-corrected chi connectivity index (χ0v) is 14.2. The Bertz CT molecular complexity index is 657. The van der Waals surface area contributed by atoms with Crippen molar-refractivity contribution in [1.29, 1.82) is 0 Å². The maximum Gasteiger partial charge on any atom is 0.176 e. The van der Waals surface area contributed by atoms with Crippen LogP contribution in [0, 0.1) is 12.8 Å². The number of nitrogens with zero attached hydrogens (tertiary/aromatic N) is 3. The molecule has 1 saturated heterocycles. The lowest BCUT2D eigenvalue weighted by atomic mass is 9.96. The van der Waals surface area contributed by atoms with E-state index >= 15 is 0 Å². The molecule has 23 heavy (non-hydrogen) atoms. The molecule has 2 aromatic rings. The normalized spacial score (nSPS) is 16.6. The number of hydrogen-bond acceptors (Lipinski definition) is 3. The number of carbonyl (C=O) groups excluding carboxylic acids is 1. The van der Waals surface area contributed by atoms with Gasteiger partial charge < -0.3 is 4.57 Å². The Kier molecular flexibility index (Phi) is 5.13. The number of rotatable bonds is 5. The second-order valence-electron chi connectivity index (χ2n) is 6.28. The summed E-state index contributed by atoms with van der Waals surface area (Å²) in [5.74, 6) is 1.92. The van der Waals surface area contributed by atoms with E-state index in [9.17, 15) is 4.79 Å². The molecule has 0 saturated carbocycles. The van der Waals surface area contributed by atoms with E-state index in [1.54, 1.807) is 24.3 Å². The van der Waals surface area contributed by atoms with E-state index in [1.165, 1.54) is 0 Å². The number of carbonyl (C=O) groups is 1. The molecule has 1 fully saturated rings. The number of imidazole rings is 1. The molecular formula is C18H22ClN3O. The van der Waals surface area contributed by atoms with Crippen LogP contribution in [0.2, 0.25) is 5.02 Å². The van der Waals surface area contributed by atoms with Gasteiger partial charge in [-0.1, -0.05) is 11.6 Å². The number of Topliss-reactive ketones (excluding diaryl/α,β-unsaturated/α-hetero) is 1. The van der Waals surface area contributed by atoms with Crippen LogP contribution in [0.15, 0.2) is 36.7 Å². The lowest BCUT2D eigenvalue weighted by molar-refractivity contribution is 0.0890. The largest absolute Gasteiger partial charge is 0.335 e. The summed E-state index contributed by atoms with van der Waals surface area (Å²) < 4.78 is 2.22. The average molecular weight is 332 g/mol. The van der Waals surface area contributed by atoms with Crippen molar-refractivity contribution in [3.63, 3.8) is 0 Å². The van der Waals surface area contributed by atoms with E-state index in [2.05, 4.69) is 14.5 Å². The number of likely N-dealkylation sites (tertiary alicyclic amines) is 1. The molecule has 0 bridgehead atoms. The second kappa shape index (κ2) is 7.28. The van der Waals surface area contributed by atoms with Crippen LogP contribution in [0.4, 0.5) is 0 Å². The van der Waals surface area contributed by atoms with Crippen molar-refractivity contribution in [1.82, 2.24) is 14.5 Å². The van der Waals surface area contributed by atoms with Crippen LogP contribution in [0.5, 0.6) is 0 Å². The van der Waals surface area contributed by atoms with Crippen LogP contribution < -0.4 is 0 Å². The molecule has 5 heteroatoms. The zero-order chi connectivity index (χ0) is 16.2. The highest BCUT2D eigenvalue weighted by Gasteiger charge is 2.21. The number of piperidine rings is 1. The molecule has 0 aliphatic carbocycles. The predicted molar refractivity (Wildman–Crippen MR) is 91.9 cm³/mol. The van der Waals surface area contributed by atoms with Gasteiger partial charge in [0.1, 0.15) is 5.82 Å². The van der Waals surface area contributed by atoms with E-state index in [-0.39, 0.29) is 5.78 Å². The number of ketones is 1. The first-order chi connectivity index (χ1) is 11.1. The van der Waals surface area contributed by atoms with Gasteiger partial charge in [0.2, 0.25) is 0 Å². The molecule has 0 N–H and O–H groups in total. The first-order valence-electron chi connectivity index (χ1n) is 8.10. The van der Waals surface area contributed by atoms with Gasteiger partial charge in [-0.05, 0) is 63.0 Å². The minimum Gasteiger partial charge on any atom is -0.335 e. The Labute approximate surface area is 142 Å². The van der Waals surface area contributed by atoms with Crippen molar-refractivity contribution in [2.24, 2.45) is 5.92 Å². The topological polar surface area (TPSA) is 38.1 Å². The molecule has 0 spiro atoms. The molecule has 0 amide bonds. The molecule has 1 aromatic heterocycles. The molecular weight excluding hydrogens is 310 g/mol. The highest BCUT2D eigenvalue weighted by Crippen LogP contribution is 2.20. The van der Waals surface area contributed by atoms with Gasteiger partial charge in [0, 0.05) is 29.5 Å². The van der Waals surface area contributed by atoms with Gasteiger partial charge in [0.15, 0.2) is 5.78 Å². The van der Waals surface area contributed by atoms with Crippen molar-refractivity contribution >= 4 is 17.4 Å². The summed E-state index contributed by atoms with van der Waals surface area (Å²) in [6.45, 7) is 5.54. The van der Waals surface area contributed by atoms with Gasteiger partial charge in [-0.25, -0.2) is 4.98 Å². The Morgan fingerprint density at radius 2 is 1.96 bits per heavy atom. The smallest absolute Gasteiger partial charge is 0.176 e. The maximum absolute atomic E-state index is 12.3. The minimum absolute atomic E-state index is 0.172. The molecule has 122 valence electrons. The van der Waals surface area contributed by atoms with Crippen LogP contribution in [-0.4, -0.2) is 39.9 Å². The van der Waals surface area contributed by atoms with Crippen LogP contribution in [-0.2, 0) is 6.54 Å². The van der Waals surface area contributed by atoms with Gasteiger partial charge in [-0.2, -0.15) is 0 Å². The lowest BCUT2D eigenvalue weighted by Gasteiger charge is -2.31. The highest BCUT2D eigenvalue weighted by molar-refractivity contribution is 6.30. The monoisotopic (exact) mass is 331 g/mol. The van der Waals surface area contributed by atoms with Crippen LogP contribution in [0.3, 0.4) is 0 Å². The van der Waals surface area contributed by atoms with Crippen molar-refractivity contribution < 1.29 is 4.79 Å². The molecule has 0 unspecified atom stereocenters. The first kappa shape index (κ1) is 16.2. The molecule has 1 aliphatic heterocycles. The van der Waals surface area contributed by atoms with E-state index in [1.807, 2.05) is 19.3 Å². The molecule has 1 aromatic carbocycles. The minimum atomic E-state index is 0.172. The van der Waals surface area contributed by atoms with Crippen molar-refractivity contribution in [3.8, 4) is 0 Å². The van der Waals surface area contributed by atoms with Crippen molar-refractivity contribution in [3.05, 3.63) is 53.1 Å². The quantitative estimate of drug-likeness (QED) is 0.788. The van der Waals surface area contributed by atoms with Gasteiger partial charge in [-0.15, -0.1) is 0 Å². The maximum atomic E-state index is 12.3. The number of hydrogen-bond donors (Lipinski definition) is 0. The van der Waals surface area contributed by atoms with Gasteiger partial charge in [-0.3, -0.25) is 9.69 Å². The third-order valence-corrected chi connectivity index (χ3v) is 4.87. The highest BCUT2D eigenvalue weighted by atomic mass is 35.5. The molecule has 4 nitrogen and oxygen atoms in total. The Hall–Kier alpha value is -1.65. The van der Waals surface area contributed by atoms with E-state index in [0.29, 0.717) is 17.5 Å². The summed E-state index contributed by atoms with van der Waals surface area (Å²) in [5, 5.41) is 0.664. The van der Waals surface area contributed by atoms with Crippen molar-refractivity contribution in [2.75, 3.05) is 19.6 Å². The molecule has 0 atom stereocenters. The summed E-state index contributed by atoms with van der Waals surface area (Å²) in [7, 11) is 0. The van der Waals surface area contributed by atoms with Gasteiger partial charge in [0.05, 0.1) is 6.54 Å². The number of benzene rings is 1. The molecule has 2 heterocycles. The van der Waals surface area contributed by atoms with Crippen LogP contribution in [0.1, 0.15) is 29.0 Å². The molecule has 3 rings (SSSR count). The summed E-state index contributed by atoms with van der Waals surface area (Å²) in [6, 6.07) is 7.15. The number of halogens is 1. The van der Waals surface area contributed by atoms with E-state index in [0.717, 1.165) is 43.9 Å². The van der Waals surface area contributed by atoms with Gasteiger partial charge in [0.25, 0.3) is 0 Å². The van der Waals surface area contributed by atoms with E-state index in [4.69, 9.17) is 11.6 Å². The van der Waals surface area contributed by atoms with E-state index < -0.39 is 0 Å². The summed E-state index contributed by atoms with van der Waals surface area (Å²) >= 11 is 5.87. The molecule has 0 radical (unpaired) electrons. The number of aryl methyl sites for hydroxylation is 1. The van der Waals surface area contributed by atoms with Crippen molar-refractivity contribution in [2.45, 2.75) is 26.3 Å². The van der Waals surface area contributed by atoms with Crippen LogP contribution in [0.25, 0.3) is 0 Å². The Morgan fingerprint density at radius 3 is 2.57 bits per heavy atom. The predicted octanol–water partition coefficient (Wildman–Crippen LogP) is 3.44. The van der Waals surface area contributed by atoms with Gasteiger partial charge >= 0.3 is 0 Å². The third-order valence-electron chi connectivity index (χ3n) is 4.62.